The molecule has 1 aliphatic carbocycles. The van der Waals surface area contributed by atoms with Gasteiger partial charge in [0.15, 0.2) is 0 Å². The van der Waals surface area contributed by atoms with E-state index in [1.807, 2.05) is 30.6 Å². The highest BCUT2D eigenvalue weighted by atomic mass is 16.4. The molecule has 0 amide bonds. The molecule has 1 aliphatic rings. The first kappa shape index (κ1) is 9.39. The van der Waals surface area contributed by atoms with Crippen LogP contribution >= 0.6 is 0 Å². The van der Waals surface area contributed by atoms with E-state index in [0.29, 0.717) is 0 Å². The Morgan fingerprint density at radius 2 is 2.31 bits per heavy atom. The van der Waals surface area contributed by atoms with Gasteiger partial charge < -0.3 is 5.11 Å². The van der Waals surface area contributed by atoms with E-state index in [4.69, 9.17) is 5.11 Å². The first-order valence-corrected chi connectivity index (χ1v) is 5.36. The van der Waals surface area contributed by atoms with E-state index in [0.717, 1.165) is 23.9 Å². The molecule has 0 unspecified atom stereocenters. The second-order valence-corrected chi connectivity index (χ2v) is 4.44. The van der Waals surface area contributed by atoms with E-state index >= 15 is 0 Å². The summed E-state index contributed by atoms with van der Waals surface area (Å²) < 4.78 is 1.80. The molecule has 1 N–H and O–H groups in total. The summed E-state index contributed by atoms with van der Waals surface area (Å²) in [5.41, 5.74) is 1.95. The Hall–Kier alpha value is -1.84. The predicted molar refractivity (Wildman–Crippen MR) is 58.4 cm³/mol. The summed E-state index contributed by atoms with van der Waals surface area (Å²) in [6.45, 7) is 0. The molecule has 1 fully saturated rings. The number of rotatable bonds is 3. The molecule has 0 atom stereocenters. The topological polar surface area (TPSA) is 54.6 Å². The number of aliphatic carboxylic acids is 1. The van der Waals surface area contributed by atoms with Crippen molar-refractivity contribution in [2.45, 2.75) is 24.7 Å². The Morgan fingerprint density at radius 1 is 1.50 bits per heavy atom. The van der Waals surface area contributed by atoms with Gasteiger partial charge in [-0.05, 0) is 25.0 Å². The Kier molecular flexibility index (Phi) is 1.80. The lowest BCUT2D eigenvalue weighted by molar-refractivity contribution is -0.137. The largest absolute Gasteiger partial charge is 0.481 e. The summed E-state index contributed by atoms with van der Waals surface area (Å²) in [6.07, 6.45) is 5.81. The number of aromatic nitrogens is 2. The molecule has 2 aromatic heterocycles. The zero-order valence-corrected chi connectivity index (χ0v) is 8.76. The predicted octanol–water partition coefficient (Wildman–Crippen LogP) is 1.84. The maximum absolute atomic E-state index is 10.9. The van der Waals surface area contributed by atoms with Gasteiger partial charge in [0.25, 0.3) is 0 Å². The molecule has 0 bridgehead atoms. The molecule has 82 valence electrons. The number of hydrogen-bond donors (Lipinski definition) is 1. The van der Waals surface area contributed by atoms with Crippen LogP contribution in [0, 0.1) is 0 Å². The van der Waals surface area contributed by atoms with E-state index in [2.05, 4.69) is 5.10 Å². The van der Waals surface area contributed by atoms with Crippen LogP contribution in [-0.2, 0) is 10.2 Å². The van der Waals surface area contributed by atoms with Crippen molar-refractivity contribution in [3.63, 3.8) is 0 Å². The van der Waals surface area contributed by atoms with Crippen molar-refractivity contribution in [2.75, 3.05) is 0 Å². The third-order valence-electron chi connectivity index (χ3n) is 3.34. The fraction of sp³-hybridized carbons (Fsp3) is 0.333. The van der Waals surface area contributed by atoms with Crippen molar-refractivity contribution in [1.82, 2.24) is 9.61 Å². The molecule has 0 spiro atoms. The van der Waals surface area contributed by atoms with Gasteiger partial charge in [0.1, 0.15) is 0 Å². The van der Waals surface area contributed by atoms with Gasteiger partial charge in [-0.15, -0.1) is 0 Å². The van der Waals surface area contributed by atoms with E-state index in [1.165, 1.54) is 0 Å². The monoisotopic (exact) mass is 216 g/mol. The average molecular weight is 216 g/mol. The van der Waals surface area contributed by atoms with Gasteiger partial charge in [0.05, 0.1) is 18.1 Å². The smallest absolute Gasteiger partial charge is 0.304 e. The maximum atomic E-state index is 10.9. The minimum atomic E-state index is -0.729. The lowest BCUT2D eigenvalue weighted by Crippen LogP contribution is -2.12. The Bertz CT molecular complexity index is 555. The minimum Gasteiger partial charge on any atom is -0.481 e. The second-order valence-electron chi connectivity index (χ2n) is 4.44. The summed E-state index contributed by atoms with van der Waals surface area (Å²) in [6, 6.07) is 5.86. The zero-order valence-electron chi connectivity index (χ0n) is 8.76. The van der Waals surface area contributed by atoms with Crippen LogP contribution in [0.4, 0.5) is 0 Å². The van der Waals surface area contributed by atoms with Crippen molar-refractivity contribution in [3.05, 3.63) is 36.2 Å². The molecular formula is C12H12N2O2. The number of pyridine rings is 1. The first-order valence-electron chi connectivity index (χ1n) is 5.36. The molecule has 2 aromatic rings. The average Bonchev–Trinajstić information content (AvgIpc) is 2.89. The quantitative estimate of drug-likeness (QED) is 0.851. The molecule has 3 rings (SSSR count). The third kappa shape index (κ3) is 1.30. The fourth-order valence-electron chi connectivity index (χ4n) is 2.32. The summed E-state index contributed by atoms with van der Waals surface area (Å²) in [5, 5.41) is 13.2. The molecule has 1 saturated carbocycles. The van der Waals surface area contributed by atoms with Crippen LogP contribution in [0.3, 0.4) is 0 Å². The van der Waals surface area contributed by atoms with Gasteiger partial charge in [-0.1, -0.05) is 6.07 Å². The van der Waals surface area contributed by atoms with Crippen LogP contribution in [0.15, 0.2) is 30.6 Å². The van der Waals surface area contributed by atoms with Crippen LogP contribution in [0.2, 0.25) is 0 Å². The van der Waals surface area contributed by atoms with Crippen molar-refractivity contribution >= 4 is 11.5 Å². The summed E-state index contributed by atoms with van der Waals surface area (Å²) in [7, 11) is 0. The van der Waals surface area contributed by atoms with Crippen LogP contribution in [0.1, 0.15) is 24.8 Å². The second kappa shape index (κ2) is 3.07. The fourth-order valence-corrected chi connectivity index (χ4v) is 2.32. The highest BCUT2D eigenvalue weighted by Crippen LogP contribution is 2.52. The highest BCUT2D eigenvalue weighted by molar-refractivity contribution is 5.72. The van der Waals surface area contributed by atoms with Crippen molar-refractivity contribution in [3.8, 4) is 0 Å². The third-order valence-corrected chi connectivity index (χ3v) is 3.34. The molecule has 0 saturated heterocycles. The van der Waals surface area contributed by atoms with Crippen molar-refractivity contribution in [1.29, 1.82) is 0 Å². The highest BCUT2D eigenvalue weighted by Gasteiger charge is 2.47. The molecule has 16 heavy (non-hydrogen) atoms. The van der Waals surface area contributed by atoms with E-state index in [-0.39, 0.29) is 11.8 Å². The number of fused-ring (bicyclic) bond motifs is 1. The number of nitrogens with zero attached hydrogens (tertiary/aromatic N) is 2. The SMILES string of the molecule is O=C(O)CC1(c2cnn3ccccc23)CC1. The molecule has 4 heteroatoms. The number of carbonyl (C=O) groups is 1. The Labute approximate surface area is 92.5 Å². The minimum absolute atomic E-state index is 0.158. The van der Waals surface area contributed by atoms with Gasteiger partial charge >= 0.3 is 5.97 Å². The van der Waals surface area contributed by atoms with E-state index < -0.39 is 5.97 Å². The van der Waals surface area contributed by atoms with Crippen LogP contribution in [-0.4, -0.2) is 20.7 Å². The van der Waals surface area contributed by atoms with Crippen LogP contribution < -0.4 is 0 Å². The Balaban J connectivity index is 2.09. The molecule has 2 heterocycles. The summed E-state index contributed by atoms with van der Waals surface area (Å²) in [5.74, 6) is -0.729. The summed E-state index contributed by atoms with van der Waals surface area (Å²) in [4.78, 5) is 10.9. The molecular weight excluding hydrogens is 204 g/mol. The molecule has 0 aliphatic heterocycles. The first-order chi connectivity index (χ1) is 7.71. The maximum Gasteiger partial charge on any atom is 0.304 e. The van der Waals surface area contributed by atoms with E-state index in [9.17, 15) is 4.79 Å². The molecule has 0 aromatic carbocycles. The molecule has 0 radical (unpaired) electrons. The van der Waals surface area contributed by atoms with Crippen LogP contribution in [0.5, 0.6) is 0 Å². The lowest BCUT2D eigenvalue weighted by atomic mass is 9.94. The van der Waals surface area contributed by atoms with Gasteiger partial charge in [0, 0.05) is 17.2 Å². The van der Waals surface area contributed by atoms with E-state index in [1.54, 1.807) is 4.52 Å². The molecule has 4 nitrogen and oxygen atoms in total. The zero-order chi connectivity index (χ0) is 11.2. The summed E-state index contributed by atoms with van der Waals surface area (Å²) >= 11 is 0. The van der Waals surface area contributed by atoms with Crippen molar-refractivity contribution in [2.24, 2.45) is 0 Å². The van der Waals surface area contributed by atoms with Crippen LogP contribution in [0.25, 0.3) is 5.52 Å². The lowest BCUT2D eigenvalue weighted by Gasteiger charge is -2.10. The van der Waals surface area contributed by atoms with Gasteiger partial charge in [-0.3, -0.25) is 4.79 Å². The normalized spacial score (nSPS) is 17.5. The van der Waals surface area contributed by atoms with Gasteiger partial charge in [-0.25, -0.2) is 4.52 Å². The number of hydrogen-bond acceptors (Lipinski definition) is 2. The van der Waals surface area contributed by atoms with Gasteiger partial charge in [0.2, 0.25) is 0 Å². The van der Waals surface area contributed by atoms with Crippen molar-refractivity contribution < 1.29 is 9.90 Å². The number of carboxylic acids is 1. The standard InChI is InChI=1S/C12H12N2O2/c15-11(16)7-12(4-5-12)9-8-13-14-6-2-1-3-10(9)14/h1-3,6,8H,4-5,7H2,(H,15,16). The van der Waals surface area contributed by atoms with Gasteiger partial charge in [-0.2, -0.15) is 5.10 Å². The number of carboxylic acid groups (broad SMARTS) is 1. The Morgan fingerprint density at radius 3 is 3.00 bits per heavy atom.